The number of carbonyl (C=O) groups excluding carboxylic acids is 1. The standard InChI is InChI=1S/C21H20ClN3O3.C21H18ClN3OS/c1-14(26)12-23-21(28)17-6-2-4-15(10-17)13-25-20(27)9-8-19(24-25)16-5-3-7-18(22)11-16;1-14-12-23-21(27-14)17-6-2-4-15(10-17)13-25-20(26)9-8-19(24-25)16-5-3-7-18(22)11-16/h2-11,14,26H,12-13H2,1H3,(H,23,28);2-11,14H,12-13H2,1H3. The van der Waals surface area contributed by atoms with Gasteiger partial charge in [0.05, 0.1) is 42.2 Å². The molecule has 1 amide bonds. The Morgan fingerprint density at radius 3 is 1.82 bits per heavy atom. The van der Waals surface area contributed by atoms with Crippen LogP contribution >= 0.6 is 35.0 Å². The fraction of sp³-hybridized carbons (Fsp3) is 0.190. The maximum absolute atomic E-state index is 12.3. The molecule has 2 atom stereocenters. The monoisotopic (exact) mass is 792 g/mol. The van der Waals surface area contributed by atoms with E-state index in [4.69, 9.17) is 23.2 Å². The van der Waals surface area contributed by atoms with Crippen LogP contribution in [0.2, 0.25) is 10.0 Å². The normalized spacial score (nSPS) is 14.1. The highest BCUT2D eigenvalue weighted by atomic mass is 35.5. The van der Waals surface area contributed by atoms with Crippen molar-refractivity contribution in [1.82, 2.24) is 24.9 Å². The SMILES string of the molecule is CC(O)CNC(=O)c1cccc(Cn2nc(-c3cccc(Cl)c3)ccc2=O)c1.CC1CN=C(c2cccc(Cn3nc(-c4cccc(Cl)c4)ccc3=O)c2)S1. The fourth-order valence-corrected chi connectivity index (χ4v) is 6.99. The molecule has 7 rings (SSSR count). The number of amides is 1. The summed E-state index contributed by atoms with van der Waals surface area (Å²) in [6, 6.07) is 36.2. The van der Waals surface area contributed by atoms with Crippen molar-refractivity contribution >= 4 is 45.9 Å². The fourth-order valence-electron chi connectivity index (χ4n) is 5.67. The van der Waals surface area contributed by atoms with Crippen LogP contribution in [-0.2, 0) is 13.1 Å². The van der Waals surface area contributed by atoms with Crippen LogP contribution in [0, 0.1) is 0 Å². The molecule has 13 heteroatoms. The van der Waals surface area contributed by atoms with Crippen molar-refractivity contribution in [2.75, 3.05) is 13.1 Å². The van der Waals surface area contributed by atoms with Crippen LogP contribution in [0.3, 0.4) is 0 Å². The molecule has 1 aliphatic heterocycles. The lowest BCUT2D eigenvalue weighted by molar-refractivity contribution is 0.0924. The van der Waals surface area contributed by atoms with Crippen molar-refractivity contribution in [3.8, 4) is 22.5 Å². The summed E-state index contributed by atoms with van der Waals surface area (Å²) in [6.45, 7) is 5.44. The van der Waals surface area contributed by atoms with E-state index in [1.807, 2.05) is 54.6 Å². The van der Waals surface area contributed by atoms with Gasteiger partial charge in [0.25, 0.3) is 17.0 Å². The number of rotatable bonds is 10. The van der Waals surface area contributed by atoms with Crippen LogP contribution in [0.4, 0.5) is 0 Å². The quantitative estimate of drug-likeness (QED) is 0.150. The molecule has 2 unspecified atom stereocenters. The van der Waals surface area contributed by atoms with Crippen molar-refractivity contribution < 1.29 is 9.90 Å². The number of aliphatic hydroxyl groups is 1. The molecule has 0 fully saturated rings. The van der Waals surface area contributed by atoms with Crippen molar-refractivity contribution in [2.45, 2.75) is 38.3 Å². The van der Waals surface area contributed by atoms with Crippen LogP contribution in [-0.4, -0.2) is 60.1 Å². The first kappa shape index (κ1) is 39.4. The molecular formula is C42H38Cl2N6O4S. The van der Waals surface area contributed by atoms with Crippen LogP contribution in [0.15, 0.2) is 136 Å². The van der Waals surface area contributed by atoms with Gasteiger partial charge in [0, 0.05) is 56.2 Å². The lowest BCUT2D eigenvalue weighted by Crippen LogP contribution is -2.30. The highest BCUT2D eigenvalue weighted by molar-refractivity contribution is 8.15. The van der Waals surface area contributed by atoms with Crippen molar-refractivity contribution in [1.29, 1.82) is 0 Å². The van der Waals surface area contributed by atoms with E-state index in [9.17, 15) is 19.5 Å². The number of thioether (sulfide) groups is 1. The first-order valence-corrected chi connectivity index (χ1v) is 19.2. The molecule has 280 valence electrons. The van der Waals surface area contributed by atoms with Gasteiger partial charge in [0.15, 0.2) is 0 Å². The molecule has 0 radical (unpaired) electrons. The number of carbonyl (C=O) groups is 1. The van der Waals surface area contributed by atoms with E-state index in [-0.39, 0.29) is 30.1 Å². The Hall–Kier alpha value is -5.33. The summed E-state index contributed by atoms with van der Waals surface area (Å²) in [5, 5.41) is 23.7. The smallest absolute Gasteiger partial charge is 0.267 e. The van der Waals surface area contributed by atoms with Crippen LogP contribution in [0.5, 0.6) is 0 Å². The maximum Gasteiger partial charge on any atom is 0.267 e. The van der Waals surface area contributed by atoms with Gasteiger partial charge < -0.3 is 10.4 Å². The van der Waals surface area contributed by atoms with E-state index in [2.05, 4.69) is 39.6 Å². The van der Waals surface area contributed by atoms with Crippen LogP contribution in [0.25, 0.3) is 22.5 Å². The van der Waals surface area contributed by atoms with E-state index in [1.165, 1.54) is 15.4 Å². The molecule has 2 aromatic heterocycles. The second-order valence-corrected chi connectivity index (χ2v) is 15.3. The van der Waals surface area contributed by atoms with Gasteiger partial charge in [-0.2, -0.15) is 10.2 Å². The number of hydrogen-bond donors (Lipinski definition) is 2. The first-order chi connectivity index (χ1) is 26.5. The predicted molar refractivity (Wildman–Crippen MR) is 221 cm³/mol. The third-order valence-corrected chi connectivity index (χ3v) is 9.97. The van der Waals surface area contributed by atoms with Crippen LogP contribution < -0.4 is 16.4 Å². The summed E-state index contributed by atoms with van der Waals surface area (Å²) in [6.07, 6.45) is -0.621. The number of aliphatic hydroxyl groups excluding tert-OH is 1. The first-order valence-electron chi connectivity index (χ1n) is 17.5. The molecule has 6 aromatic rings. The van der Waals surface area contributed by atoms with Gasteiger partial charge in [-0.1, -0.05) is 84.7 Å². The number of benzene rings is 4. The minimum atomic E-state index is -0.621. The molecule has 0 aliphatic carbocycles. The molecule has 0 bridgehead atoms. The number of nitrogens with zero attached hydrogens (tertiary/aromatic N) is 5. The van der Waals surface area contributed by atoms with Gasteiger partial charge in [-0.15, -0.1) is 11.8 Å². The zero-order valence-electron chi connectivity index (χ0n) is 30.1. The lowest BCUT2D eigenvalue weighted by Gasteiger charge is -2.10. The second-order valence-electron chi connectivity index (χ2n) is 13.0. The number of aliphatic imine (C=N–C) groups is 1. The number of aromatic nitrogens is 4. The molecule has 10 nitrogen and oxygen atoms in total. The molecule has 4 aromatic carbocycles. The molecular weight excluding hydrogens is 755 g/mol. The highest BCUT2D eigenvalue weighted by Gasteiger charge is 2.17. The summed E-state index contributed by atoms with van der Waals surface area (Å²) >= 11 is 13.9. The maximum atomic E-state index is 12.3. The minimum Gasteiger partial charge on any atom is -0.392 e. The average molecular weight is 794 g/mol. The number of hydrogen-bond acceptors (Lipinski definition) is 8. The Morgan fingerprint density at radius 2 is 1.29 bits per heavy atom. The largest absolute Gasteiger partial charge is 0.392 e. The van der Waals surface area contributed by atoms with Gasteiger partial charge in [-0.3, -0.25) is 19.4 Å². The third kappa shape index (κ3) is 10.9. The highest BCUT2D eigenvalue weighted by Crippen LogP contribution is 2.26. The Labute approximate surface area is 332 Å². The third-order valence-electron chi connectivity index (χ3n) is 8.36. The topological polar surface area (TPSA) is 131 Å². The van der Waals surface area contributed by atoms with Gasteiger partial charge in [-0.25, -0.2) is 9.36 Å². The average Bonchev–Trinajstić information content (AvgIpc) is 3.62. The van der Waals surface area contributed by atoms with Gasteiger partial charge in [-0.05, 0) is 72.6 Å². The lowest BCUT2D eigenvalue weighted by atomic mass is 10.1. The predicted octanol–water partition coefficient (Wildman–Crippen LogP) is 7.22. The second kappa shape index (κ2) is 18.3. The minimum absolute atomic E-state index is 0.132. The Kier molecular flexibility index (Phi) is 13.1. The van der Waals surface area contributed by atoms with Gasteiger partial charge >= 0.3 is 0 Å². The summed E-state index contributed by atoms with van der Waals surface area (Å²) in [5.41, 5.74) is 6.02. The molecule has 3 heterocycles. The molecule has 1 aliphatic rings. The Morgan fingerprint density at radius 1 is 0.764 bits per heavy atom. The van der Waals surface area contributed by atoms with E-state index in [0.29, 0.717) is 33.1 Å². The van der Waals surface area contributed by atoms with Crippen molar-refractivity contribution in [3.05, 3.63) is 174 Å². The molecule has 55 heavy (non-hydrogen) atoms. The van der Waals surface area contributed by atoms with E-state index >= 15 is 0 Å². The van der Waals surface area contributed by atoms with Gasteiger partial charge in [0.1, 0.15) is 0 Å². The van der Waals surface area contributed by atoms with Crippen LogP contribution in [0.1, 0.15) is 40.9 Å². The Bertz CT molecular complexity index is 2470. The summed E-state index contributed by atoms with van der Waals surface area (Å²) in [4.78, 5) is 41.3. The van der Waals surface area contributed by atoms with E-state index in [1.54, 1.807) is 67.2 Å². The summed E-state index contributed by atoms with van der Waals surface area (Å²) < 4.78 is 2.84. The zero-order chi connectivity index (χ0) is 38.9. The molecule has 0 saturated carbocycles. The van der Waals surface area contributed by atoms with Gasteiger partial charge in [0.2, 0.25) is 0 Å². The number of nitrogens with one attached hydrogen (secondary N) is 1. The molecule has 0 saturated heterocycles. The van der Waals surface area contributed by atoms with Crippen molar-refractivity contribution in [3.63, 3.8) is 0 Å². The summed E-state index contributed by atoms with van der Waals surface area (Å²) in [5.74, 6) is -0.282. The van der Waals surface area contributed by atoms with Crippen molar-refractivity contribution in [2.24, 2.45) is 4.99 Å². The van der Waals surface area contributed by atoms with E-state index in [0.717, 1.165) is 45.1 Å². The number of halogens is 2. The molecule has 0 spiro atoms. The molecule has 2 N–H and O–H groups in total. The zero-order valence-corrected chi connectivity index (χ0v) is 32.4. The Balaban J connectivity index is 0.000000187. The van der Waals surface area contributed by atoms with E-state index < -0.39 is 6.10 Å². The summed E-state index contributed by atoms with van der Waals surface area (Å²) in [7, 11) is 0.